The van der Waals surface area contributed by atoms with Crippen LogP contribution in [0.2, 0.25) is 5.02 Å². The van der Waals surface area contributed by atoms with E-state index in [1.165, 1.54) is 10.9 Å². The normalized spacial score (nSPS) is 11.0. The Morgan fingerprint density at radius 3 is 2.77 bits per heavy atom. The number of aryl methyl sites for hydroxylation is 2. The number of Topliss-reactive ketones (excluding diaryl/α,β-unsaturated/α-hetero) is 1. The van der Waals surface area contributed by atoms with E-state index < -0.39 is 0 Å². The van der Waals surface area contributed by atoms with Crippen LogP contribution in [0.25, 0.3) is 10.9 Å². The van der Waals surface area contributed by atoms with E-state index in [1.54, 1.807) is 29.5 Å². The molecule has 0 amide bonds. The minimum atomic E-state index is -0.236. The van der Waals surface area contributed by atoms with E-state index in [0.717, 1.165) is 9.75 Å². The zero-order chi connectivity index (χ0) is 15.9. The minimum Gasteiger partial charge on any atom is -0.292 e. The Bertz CT molecular complexity index is 943. The van der Waals surface area contributed by atoms with Gasteiger partial charge in [0.1, 0.15) is 0 Å². The fraction of sp³-hybridized carbons (Fsp3) is 0.188. The van der Waals surface area contributed by atoms with Crippen LogP contribution >= 0.6 is 22.9 Å². The Morgan fingerprint density at radius 2 is 2.09 bits per heavy atom. The fourth-order valence-electron chi connectivity index (χ4n) is 2.39. The van der Waals surface area contributed by atoms with Crippen molar-refractivity contribution in [3.8, 4) is 0 Å². The fourth-order valence-corrected chi connectivity index (χ4v) is 3.50. The van der Waals surface area contributed by atoms with Crippen molar-refractivity contribution in [2.75, 3.05) is 0 Å². The number of ketones is 1. The van der Waals surface area contributed by atoms with Crippen molar-refractivity contribution in [2.24, 2.45) is 0 Å². The molecule has 0 aliphatic heterocycles. The number of rotatable bonds is 3. The van der Waals surface area contributed by atoms with E-state index in [9.17, 15) is 9.59 Å². The first-order chi connectivity index (χ1) is 10.5. The van der Waals surface area contributed by atoms with E-state index in [0.29, 0.717) is 21.5 Å². The largest absolute Gasteiger partial charge is 0.292 e. The van der Waals surface area contributed by atoms with Crippen molar-refractivity contribution < 1.29 is 4.79 Å². The molecule has 0 radical (unpaired) electrons. The lowest BCUT2D eigenvalue weighted by Gasteiger charge is -2.06. The summed E-state index contributed by atoms with van der Waals surface area (Å²) in [4.78, 5) is 31.1. The van der Waals surface area contributed by atoms with Crippen LogP contribution in [0.5, 0.6) is 0 Å². The molecule has 0 unspecified atom stereocenters. The van der Waals surface area contributed by atoms with Crippen LogP contribution in [-0.4, -0.2) is 15.3 Å². The standard InChI is InChI=1S/C16H13ClN2O2S/c1-9-5-13(10(2)22-9)15(20)7-19-8-18-14-6-11(17)3-4-12(14)16(19)21/h3-6,8H,7H2,1-2H3. The summed E-state index contributed by atoms with van der Waals surface area (Å²) in [5.74, 6) is -0.0842. The Balaban J connectivity index is 1.99. The van der Waals surface area contributed by atoms with Crippen molar-refractivity contribution >= 4 is 39.6 Å². The van der Waals surface area contributed by atoms with Crippen LogP contribution in [-0.2, 0) is 6.54 Å². The number of nitrogens with zero attached hydrogens (tertiary/aromatic N) is 2. The number of carbonyl (C=O) groups excluding carboxylic acids is 1. The predicted molar refractivity (Wildman–Crippen MR) is 89.1 cm³/mol. The summed E-state index contributed by atoms with van der Waals surface area (Å²) < 4.78 is 1.34. The number of fused-ring (bicyclic) bond motifs is 1. The summed E-state index contributed by atoms with van der Waals surface area (Å²) >= 11 is 7.47. The van der Waals surface area contributed by atoms with Crippen molar-refractivity contribution in [1.82, 2.24) is 9.55 Å². The van der Waals surface area contributed by atoms with Gasteiger partial charge in [-0.1, -0.05) is 11.6 Å². The Hall–Kier alpha value is -1.98. The van der Waals surface area contributed by atoms with Gasteiger partial charge in [-0.25, -0.2) is 4.98 Å². The van der Waals surface area contributed by atoms with E-state index in [2.05, 4.69) is 4.98 Å². The highest BCUT2D eigenvalue weighted by molar-refractivity contribution is 7.12. The Kier molecular flexibility index (Phi) is 3.85. The molecule has 3 rings (SSSR count). The van der Waals surface area contributed by atoms with Crippen molar-refractivity contribution in [3.63, 3.8) is 0 Å². The molecule has 22 heavy (non-hydrogen) atoms. The van der Waals surface area contributed by atoms with Gasteiger partial charge in [-0.05, 0) is 38.1 Å². The second-order valence-corrected chi connectivity index (χ2v) is 6.99. The number of benzene rings is 1. The van der Waals surface area contributed by atoms with Crippen LogP contribution in [0.3, 0.4) is 0 Å². The monoisotopic (exact) mass is 332 g/mol. The Labute approximate surface area is 136 Å². The summed E-state index contributed by atoms with van der Waals surface area (Å²) in [5, 5.41) is 0.982. The average molecular weight is 333 g/mol. The lowest BCUT2D eigenvalue weighted by atomic mass is 10.1. The van der Waals surface area contributed by atoms with Crippen LogP contribution < -0.4 is 5.56 Å². The van der Waals surface area contributed by atoms with Gasteiger partial charge in [0.15, 0.2) is 5.78 Å². The van der Waals surface area contributed by atoms with E-state index in [-0.39, 0.29) is 17.9 Å². The smallest absolute Gasteiger partial charge is 0.261 e. The molecule has 0 atom stereocenters. The summed E-state index contributed by atoms with van der Waals surface area (Å²) in [6.45, 7) is 3.86. The predicted octanol–water partition coefficient (Wildman–Crippen LogP) is 3.61. The maximum absolute atomic E-state index is 12.4. The third kappa shape index (κ3) is 2.69. The van der Waals surface area contributed by atoms with Gasteiger partial charge < -0.3 is 0 Å². The van der Waals surface area contributed by atoms with Crippen LogP contribution in [0.15, 0.2) is 35.4 Å². The third-order valence-electron chi connectivity index (χ3n) is 3.44. The zero-order valence-corrected chi connectivity index (χ0v) is 13.7. The van der Waals surface area contributed by atoms with E-state index >= 15 is 0 Å². The first-order valence-corrected chi connectivity index (χ1v) is 7.90. The van der Waals surface area contributed by atoms with Gasteiger partial charge in [-0.3, -0.25) is 14.2 Å². The maximum atomic E-state index is 12.4. The SMILES string of the molecule is Cc1cc(C(=O)Cn2cnc3cc(Cl)ccc3c2=O)c(C)s1. The summed E-state index contributed by atoms with van der Waals surface area (Å²) in [6, 6.07) is 6.78. The number of thiophene rings is 1. The Morgan fingerprint density at radius 1 is 1.32 bits per heavy atom. The molecule has 3 aromatic rings. The summed E-state index contributed by atoms with van der Waals surface area (Å²) in [7, 11) is 0. The van der Waals surface area contributed by atoms with E-state index in [4.69, 9.17) is 11.6 Å². The lowest BCUT2D eigenvalue weighted by molar-refractivity contribution is 0.0970. The minimum absolute atomic E-state index is 0.0125. The molecular formula is C16H13ClN2O2S. The molecule has 0 saturated carbocycles. The molecule has 2 heterocycles. The number of hydrogen-bond acceptors (Lipinski definition) is 4. The highest BCUT2D eigenvalue weighted by Crippen LogP contribution is 2.21. The summed E-state index contributed by atoms with van der Waals surface area (Å²) in [5.41, 5.74) is 0.967. The van der Waals surface area contributed by atoms with Crippen LogP contribution in [0.4, 0.5) is 0 Å². The molecule has 2 aromatic heterocycles. The highest BCUT2D eigenvalue weighted by Gasteiger charge is 2.14. The molecule has 0 spiro atoms. The van der Waals surface area contributed by atoms with Crippen LogP contribution in [0, 0.1) is 13.8 Å². The van der Waals surface area contributed by atoms with Gasteiger partial charge in [-0.2, -0.15) is 0 Å². The molecule has 0 bridgehead atoms. The lowest BCUT2D eigenvalue weighted by Crippen LogP contribution is -2.24. The third-order valence-corrected chi connectivity index (χ3v) is 4.64. The van der Waals surface area contributed by atoms with Gasteiger partial charge in [0.25, 0.3) is 5.56 Å². The van der Waals surface area contributed by atoms with Gasteiger partial charge >= 0.3 is 0 Å². The second-order valence-electron chi connectivity index (χ2n) is 5.09. The van der Waals surface area contributed by atoms with Gasteiger partial charge in [0.05, 0.1) is 23.8 Å². The molecule has 4 nitrogen and oxygen atoms in total. The van der Waals surface area contributed by atoms with Gasteiger partial charge in [0.2, 0.25) is 0 Å². The molecule has 6 heteroatoms. The first kappa shape index (κ1) is 14.9. The average Bonchev–Trinajstić information content (AvgIpc) is 2.81. The van der Waals surface area contributed by atoms with Crippen molar-refractivity contribution in [1.29, 1.82) is 0 Å². The molecule has 0 aliphatic rings. The highest BCUT2D eigenvalue weighted by atomic mass is 35.5. The molecule has 0 aliphatic carbocycles. The number of carbonyl (C=O) groups is 1. The number of halogens is 1. The number of aromatic nitrogens is 2. The maximum Gasteiger partial charge on any atom is 0.261 e. The van der Waals surface area contributed by atoms with Crippen molar-refractivity contribution in [3.05, 3.63) is 61.3 Å². The van der Waals surface area contributed by atoms with Crippen LogP contribution in [0.1, 0.15) is 20.1 Å². The van der Waals surface area contributed by atoms with Gasteiger partial charge in [0, 0.05) is 20.3 Å². The topological polar surface area (TPSA) is 52.0 Å². The molecular weight excluding hydrogens is 320 g/mol. The summed E-state index contributed by atoms with van der Waals surface area (Å²) in [6.07, 6.45) is 1.40. The number of hydrogen-bond donors (Lipinski definition) is 0. The van der Waals surface area contributed by atoms with Crippen molar-refractivity contribution in [2.45, 2.75) is 20.4 Å². The molecule has 0 saturated heterocycles. The van der Waals surface area contributed by atoms with Gasteiger partial charge in [-0.15, -0.1) is 11.3 Å². The molecule has 0 fully saturated rings. The molecule has 1 aromatic carbocycles. The molecule has 112 valence electrons. The molecule has 0 N–H and O–H groups in total. The zero-order valence-electron chi connectivity index (χ0n) is 12.1. The first-order valence-electron chi connectivity index (χ1n) is 6.70. The quantitative estimate of drug-likeness (QED) is 0.688. The van der Waals surface area contributed by atoms with E-state index in [1.807, 2.05) is 19.9 Å². The second kappa shape index (κ2) is 5.66.